The van der Waals surface area contributed by atoms with Crippen molar-refractivity contribution in [2.45, 2.75) is 149 Å². The van der Waals surface area contributed by atoms with Crippen LogP contribution in [0.15, 0.2) is 0 Å². The molecule has 0 aromatic carbocycles. The summed E-state index contributed by atoms with van der Waals surface area (Å²) in [5.41, 5.74) is 0. The molecule has 4 aliphatic heterocycles. The summed E-state index contributed by atoms with van der Waals surface area (Å²) in [6.45, 7) is -8.79. The molecule has 20 atom stereocenters. The molecule has 4 aliphatic rings. The predicted octanol–water partition coefficient (Wildman–Crippen LogP) is -12.5. The van der Waals surface area contributed by atoms with Crippen LogP contribution in [0.25, 0.3) is 0 Å². The minimum atomic E-state index is -1.75. The second-order valence-electron chi connectivity index (χ2n) is 21.3. The molecule has 519 valence electrons. The molecule has 0 saturated carbocycles. The second kappa shape index (κ2) is 42.1. The molecule has 19 N–H and O–H groups in total. The van der Waals surface area contributed by atoms with Gasteiger partial charge in [0.05, 0.1) is 85.6 Å². The van der Waals surface area contributed by atoms with Crippen LogP contribution in [0.2, 0.25) is 0 Å². The number of amides is 2. The zero-order chi connectivity index (χ0) is 64.7. The predicted molar refractivity (Wildman–Crippen MR) is 283 cm³/mol. The maximum Gasteiger partial charge on any atom is 3.00 e. The standard InChI is InChI=1S/C50H89N5O32.Gd.O/c56-22-26-35(68)39(72)43(76)47(84-26)80-13-1-5-54(6-2-14-81-48-44(77)40(73)36(69)27(23-57)85-48)30(60)17-52(20-33(64)65)11-9-51(19-32(62)63)10-12-53(21-34(66)67)18-31(61)55(7-3-15-82-49-45(78)41(74)37(70)28(24-58)86-49)8-4-16-83-50-46(79)42(75)38(71)29(25-59)87-50;;/h26-29,35-50,56-59,68-79H,1-25H2,(H,62,63)(H,64,65)(H,66,67);;/q;+3;-2/t26-,27-,28+,29+,35+,36+,37-,38-,39-,40-,41+,42+,43+,44+,45-,46-,47?,48?,49?,50?;;. The average molecular weight is 1450 g/mol. The quantitative estimate of drug-likeness (QED) is 0.0253. The van der Waals surface area contributed by atoms with Crippen LogP contribution in [0, 0.1) is 39.9 Å². The molecule has 2 amide bonds. The molecule has 4 fully saturated rings. The number of hydrogen-bond donors (Lipinski definition) is 19. The molecule has 0 aliphatic carbocycles. The van der Waals surface area contributed by atoms with Crippen molar-refractivity contribution in [3.05, 3.63) is 0 Å². The van der Waals surface area contributed by atoms with E-state index in [2.05, 4.69) is 0 Å². The van der Waals surface area contributed by atoms with Gasteiger partial charge in [-0.3, -0.25) is 38.7 Å². The number of carbonyl (C=O) groups is 5. The molecule has 4 unspecified atom stereocenters. The number of aliphatic carboxylic acids is 3. The normalized spacial score (nSPS) is 32.3. The molecule has 89 heavy (non-hydrogen) atoms. The largest absolute Gasteiger partial charge is 3.00 e. The second-order valence-corrected chi connectivity index (χ2v) is 21.3. The fourth-order valence-corrected chi connectivity index (χ4v) is 9.78. The Morgan fingerprint density at radius 1 is 0.315 bits per heavy atom. The van der Waals surface area contributed by atoms with Gasteiger partial charge in [-0.25, -0.2) is 0 Å². The van der Waals surface area contributed by atoms with Crippen molar-refractivity contribution in [1.29, 1.82) is 0 Å². The van der Waals surface area contributed by atoms with Gasteiger partial charge < -0.3 is 150 Å². The Labute approximate surface area is 542 Å². The number of aliphatic hydroxyl groups excluding tert-OH is 16. The van der Waals surface area contributed by atoms with E-state index in [0.29, 0.717) is 0 Å². The summed E-state index contributed by atoms with van der Waals surface area (Å²) in [5.74, 6) is -5.51. The third-order valence-electron chi connectivity index (χ3n) is 14.8. The number of ether oxygens (including phenoxy) is 8. The number of hydrogen-bond acceptors (Lipinski definition) is 32. The zero-order valence-electron chi connectivity index (χ0n) is 48.5. The van der Waals surface area contributed by atoms with E-state index in [1.165, 1.54) is 24.5 Å². The van der Waals surface area contributed by atoms with Crippen LogP contribution >= 0.6 is 0 Å². The Kier molecular flexibility index (Phi) is 39.1. The number of carboxylic acid groups (broad SMARTS) is 3. The van der Waals surface area contributed by atoms with Crippen LogP contribution in [0.5, 0.6) is 0 Å². The van der Waals surface area contributed by atoms with Gasteiger partial charge in [-0.05, 0) is 25.7 Å². The Balaban J connectivity index is 0.0000135. The maximum atomic E-state index is 14.1. The van der Waals surface area contributed by atoms with Gasteiger partial charge in [0.2, 0.25) is 11.8 Å². The van der Waals surface area contributed by atoms with Crippen molar-refractivity contribution < 1.29 is 204 Å². The molecule has 1 radical (unpaired) electrons. The van der Waals surface area contributed by atoms with E-state index in [4.69, 9.17) is 37.9 Å². The van der Waals surface area contributed by atoms with Crippen molar-refractivity contribution in [3.63, 3.8) is 0 Å². The number of carbonyl (C=O) groups excluding carboxylic acids is 2. The van der Waals surface area contributed by atoms with Gasteiger partial charge in [-0.15, -0.1) is 0 Å². The number of nitrogens with zero attached hydrogens (tertiary/aromatic N) is 5. The van der Waals surface area contributed by atoms with E-state index < -0.39 is 212 Å². The van der Waals surface area contributed by atoms with E-state index >= 15 is 0 Å². The number of aliphatic hydroxyl groups is 16. The molecule has 4 rings (SSSR count). The molecule has 38 nitrogen and oxygen atoms in total. The molecule has 4 saturated heterocycles. The van der Waals surface area contributed by atoms with Crippen LogP contribution in [0.3, 0.4) is 0 Å². The van der Waals surface area contributed by atoms with E-state index in [-0.39, 0.29) is 150 Å². The topological polar surface area (TPSA) is 588 Å². The molecule has 4 heterocycles. The monoisotopic (exact) mass is 1450 g/mol. The van der Waals surface area contributed by atoms with Crippen LogP contribution < -0.4 is 0 Å². The third kappa shape index (κ3) is 26.0. The van der Waals surface area contributed by atoms with Crippen LogP contribution in [-0.2, 0) is 67.3 Å². The number of carboxylic acids is 3. The zero-order valence-corrected chi connectivity index (χ0v) is 50.8. The van der Waals surface area contributed by atoms with Gasteiger partial charge in [-0.1, -0.05) is 0 Å². The van der Waals surface area contributed by atoms with Gasteiger partial charge in [0.25, 0.3) is 0 Å². The van der Waals surface area contributed by atoms with E-state index in [1.807, 2.05) is 0 Å². The summed E-state index contributed by atoms with van der Waals surface area (Å²) < 4.78 is 43.7. The van der Waals surface area contributed by atoms with Gasteiger partial charge in [-0.2, -0.15) is 0 Å². The van der Waals surface area contributed by atoms with E-state index in [9.17, 15) is 121 Å². The van der Waals surface area contributed by atoms with Gasteiger partial charge in [0.1, 0.15) is 97.7 Å². The fraction of sp³-hybridized carbons (Fsp3) is 0.900. The maximum absolute atomic E-state index is 14.1. The van der Waals surface area contributed by atoms with Crippen LogP contribution in [-0.4, -0.2) is 412 Å². The Bertz CT molecular complexity index is 1830. The molecule has 0 aromatic rings. The summed E-state index contributed by atoms with van der Waals surface area (Å²) in [4.78, 5) is 70.9. The van der Waals surface area contributed by atoms with Crippen molar-refractivity contribution in [3.8, 4) is 0 Å². The van der Waals surface area contributed by atoms with E-state index in [1.54, 1.807) is 0 Å². The van der Waals surface area contributed by atoms with Gasteiger partial charge >= 0.3 is 57.8 Å². The summed E-state index contributed by atoms with van der Waals surface area (Å²) in [6.07, 6.45) is -31.7. The van der Waals surface area contributed by atoms with Gasteiger partial charge in [0, 0.05) is 52.4 Å². The first-order chi connectivity index (χ1) is 41.3. The number of rotatable bonds is 40. The van der Waals surface area contributed by atoms with E-state index in [0.717, 1.165) is 0 Å². The SMILES string of the molecule is O=C(O)CN(CCN(CC(=O)O)CC(=O)N(CCCOC1O[C@H](CO)[C@H](O)[C@@H](O)[C@@H]1O)CCCOC1O[C@H](CO)[C@H](O)[C@@H](O)[C@@H]1O)CCN(CC(=O)O)CC(=O)N(CCCOC1O[C@@H](CO)[C@@H](O)[C@H](O)[C@H]1O)CCCOC1O[C@@H](CO)[C@@H](O)[C@H](O)[C@H]1O.[Gd+3].[O-2]. The van der Waals surface area contributed by atoms with Crippen LogP contribution in [0.1, 0.15) is 25.7 Å². The summed E-state index contributed by atoms with van der Waals surface area (Å²) in [6, 6.07) is 0. The first kappa shape index (κ1) is 82.6. The van der Waals surface area contributed by atoms with Crippen molar-refractivity contribution in [1.82, 2.24) is 24.5 Å². The first-order valence-electron chi connectivity index (χ1n) is 28.3. The minimum Gasteiger partial charge on any atom is -2.00 e. The molecule has 39 heteroatoms. The molecule has 0 bridgehead atoms. The van der Waals surface area contributed by atoms with Crippen LogP contribution in [0.4, 0.5) is 0 Å². The molecular weight excluding hydrogens is 1360 g/mol. The Hall–Kier alpha value is -2.45. The molecule has 0 spiro atoms. The summed E-state index contributed by atoms with van der Waals surface area (Å²) in [5, 5.41) is 191. The van der Waals surface area contributed by atoms with Crippen molar-refractivity contribution in [2.24, 2.45) is 0 Å². The fourth-order valence-electron chi connectivity index (χ4n) is 9.78. The smallest absolute Gasteiger partial charge is 2.00 e. The third-order valence-corrected chi connectivity index (χ3v) is 14.8. The van der Waals surface area contributed by atoms with Crippen molar-refractivity contribution in [2.75, 3.05) is 138 Å². The summed E-state index contributed by atoms with van der Waals surface area (Å²) in [7, 11) is 0. The minimum absolute atomic E-state index is 0. The van der Waals surface area contributed by atoms with Crippen molar-refractivity contribution >= 4 is 29.7 Å². The Morgan fingerprint density at radius 2 is 0.528 bits per heavy atom. The Morgan fingerprint density at radius 3 is 0.742 bits per heavy atom. The first-order valence-corrected chi connectivity index (χ1v) is 28.3. The molecule has 0 aromatic heterocycles. The average Bonchev–Trinajstić information content (AvgIpc) is 3.39. The van der Waals surface area contributed by atoms with Gasteiger partial charge in [0.15, 0.2) is 25.2 Å². The molecular formula is C50H89GdN5O33+. The summed E-state index contributed by atoms with van der Waals surface area (Å²) >= 11 is 0.